The number of hydrogen-bond donors (Lipinski definition) is 2. The summed E-state index contributed by atoms with van der Waals surface area (Å²) in [5.74, 6) is 0. The average molecular weight is 309 g/mol. The first kappa shape index (κ1) is 13.6. The van der Waals surface area contributed by atoms with E-state index in [1.54, 1.807) is 24.3 Å². The summed E-state index contributed by atoms with van der Waals surface area (Å²) in [5, 5.41) is 17.7. The number of rotatable bonds is 4. The maximum absolute atomic E-state index is 11.3. The Morgan fingerprint density at radius 2 is 1.81 bits per heavy atom. The molecule has 0 bridgehead atoms. The Labute approximate surface area is 103 Å². The van der Waals surface area contributed by atoms with E-state index in [1.807, 2.05) is 0 Å². The minimum atomic E-state index is -3.48. The molecule has 0 heterocycles. The highest BCUT2D eigenvalue weighted by Crippen LogP contribution is 2.23. The topological polar surface area (TPSA) is 74.6 Å². The van der Waals surface area contributed by atoms with Gasteiger partial charge in [0, 0.05) is 10.7 Å². The van der Waals surface area contributed by atoms with Crippen molar-refractivity contribution in [3.63, 3.8) is 0 Å². The molecule has 0 spiro atoms. The highest BCUT2D eigenvalue weighted by Gasteiger charge is 2.29. The SMILES string of the molecule is CS(=O)(=O)[C@H](CO)[C@@H](O)c1ccc(Br)cc1. The van der Waals surface area contributed by atoms with Gasteiger partial charge in [-0.15, -0.1) is 0 Å². The molecule has 1 aromatic carbocycles. The summed E-state index contributed by atoms with van der Waals surface area (Å²) >= 11 is 3.24. The number of hydrogen-bond acceptors (Lipinski definition) is 4. The Morgan fingerprint density at radius 3 is 2.19 bits per heavy atom. The summed E-state index contributed by atoms with van der Waals surface area (Å²) in [4.78, 5) is 0. The van der Waals surface area contributed by atoms with Crippen molar-refractivity contribution in [2.24, 2.45) is 0 Å². The van der Waals surface area contributed by atoms with Gasteiger partial charge >= 0.3 is 0 Å². The molecule has 2 atom stereocenters. The summed E-state index contributed by atoms with van der Waals surface area (Å²) in [6, 6.07) is 6.63. The lowest BCUT2D eigenvalue weighted by Gasteiger charge is -2.19. The summed E-state index contributed by atoms with van der Waals surface area (Å²) in [7, 11) is -3.48. The van der Waals surface area contributed by atoms with E-state index in [9.17, 15) is 13.5 Å². The van der Waals surface area contributed by atoms with E-state index in [1.165, 1.54) is 0 Å². The van der Waals surface area contributed by atoms with E-state index in [-0.39, 0.29) is 0 Å². The van der Waals surface area contributed by atoms with Crippen molar-refractivity contribution >= 4 is 25.8 Å². The smallest absolute Gasteiger partial charge is 0.155 e. The Hall–Kier alpha value is -0.430. The Balaban J connectivity index is 3.00. The van der Waals surface area contributed by atoms with E-state index in [4.69, 9.17) is 5.11 Å². The van der Waals surface area contributed by atoms with Crippen molar-refractivity contribution in [1.82, 2.24) is 0 Å². The molecule has 0 saturated heterocycles. The van der Waals surface area contributed by atoms with Crippen molar-refractivity contribution in [2.45, 2.75) is 11.4 Å². The molecule has 0 amide bonds. The Bertz CT molecular complexity index is 440. The fourth-order valence-corrected chi connectivity index (χ4v) is 2.50. The Morgan fingerprint density at radius 1 is 1.31 bits per heavy atom. The van der Waals surface area contributed by atoms with Crippen molar-refractivity contribution < 1.29 is 18.6 Å². The lowest BCUT2D eigenvalue weighted by Crippen LogP contribution is -2.31. The Kier molecular flexibility index (Phi) is 4.49. The quantitative estimate of drug-likeness (QED) is 0.866. The van der Waals surface area contributed by atoms with E-state index in [2.05, 4.69) is 15.9 Å². The van der Waals surface area contributed by atoms with Crippen LogP contribution in [0.15, 0.2) is 28.7 Å². The van der Waals surface area contributed by atoms with Crippen molar-refractivity contribution in [1.29, 1.82) is 0 Å². The number of halogens is 1. The summed E-state index contributed by atoms with van der Waals surface area (Å²) < 4.78 is 23.5. The lowest BCUT2D eigenvalue weighted by molar-refractivity contribution is 0.138. The molecule has 0 aromatic heterocycles. The fraction of sp³-hybridized carbons (Fsp3) is 0.400. The predicted molar refractivity (Wildman–Crippen MR) is 64.8 cm³/mol. The lowest BCUT2D eigenvalue weighted by atomic mass is 10.1. The first-order valence-electron chi connectivity index (χ1n) is 4.59. The zero-order chi connectivity index (χ0) is 12.3. The molecular weight excluding hydrogens is 296 g/mol. The zero-order valence-electron chi connectivity index (χ0n) is 8.67. The molecule has 0 saturated carbocycles. The molecule has 0 radical (unpaired) electrons. The van der Waals surface area contributed by atoms with Gasteiger partial charge in [-0.1, -0.05) is 28.1 Å². The van der Waals surface area contributed by atoms with Gasteiger partial charge in [0.05, 0.1) is 12.7 Å². The summed E-state index contributed by atoms with van der Waals surface area (Å²) in [5.41, 5.74) is 0.465. The molecule has 2 N–H and O–H groups in total. The third kappa shape index (κ3) is 3.28. The predicted octanol–water partition coefficient (Wildman–Crippen LogP) is 0.888. The van der Waals surface area contributed by atoms with Crippen LogP contribution in [0.3, 0.4) is 0 Å². The fourth-order valence-electron chi connectivity index (χ4n) is 1.34. The second kappa shape index (κ2) is 5.27. The van der Waals surface area contributed by atoms with Crippen LogP contribution in [0.2, 0.25) is 0 Å². The van der Waals surface area contributed by atoms with Gasteiger partial charge in [-0.25, -0.2) is 8.42 Å². The molecule has 16 heavy (non-hydrogen) atoms. The van der Waals surface area contributed by atoms with E-state index in [0.29, 0.717) is 5.56 Å². The van der Waals surface area contributed by atoms with Gasteiger partial charge < -0.3 is 10.2 Å². The number of benzene rings is 1. The second-order valence-corrected chi connectivity index (χ2v) is 6.73. The van der Waals surface area contributed by atoms with Crippen LogP contribution >= 0.6 is 15.9 Å². The van der Waals surface area contributed by atoms with Gasteiger partial charge in [0.15, 0.2) is 9.84 Å². The maximum atomic E-state index is 11.3. The minimum Gasteiger partial charge on any atom is -0.395 e. The average Bonchev–Trinajstić information content (AvgIpc) is 2.17. The highest BCUT2D eigenvalue weighted by atomic mass is 79.9. The van der Waals surface area contributed by atoms with Gasteiger partial charge in [-0.2, -0.15) is 0 Å². The third-order valence-electron chi connectivity index (χ3n) is 2.29. The third-order valence-corrected chi connectivity index (χ3v) is 4.33. The summed E-state index contributed by atoms with van der Waals surface area (Å²) in [6.07, 6.45) is -0.219. The molecule has 1 rings (SSSR count). The molecule has 90 valence electrons. The number of sulfone groups is 1. The van der Waals surface area contributed by atoms with Gasteiger partial charge in [-0.3, -0.25) is 0 Å². The van der Waals surface area contributed by atoms with E-state index in [0.717, 1.165) is 10.7 Å². The molecule has 0 unspecified atom stereocenters. The molecule has 4 nitrogen and oxygen atoms in total. The molecule has 0 fully saturated rings. The van der Waals surface area contributed by atoms with Crippen LogP contribution in [0.4, 0.5) is 0 Å². The van der Waals surface area contributed by atoms with Crippen molar-refractivity contribution in [3.8, 4) is 0 Å². The highest BCUT2D eigenvalue weighted by molar-refractivity contribution is 9.10. The number of aliphatic hydroxyl groups excluding tert-OH is 2. The largest absolute Gasteiger partial charge is 0.395 e. The second-order valence-electron chi connectivity index (χ2n) is 3.55. The first-order chi connectivity index (χ1) is 7.36. The van der Waals surface area contributed by atoms with E-state index < -0.39 is 27.8 Å². The van der Waals surface area contributed by atoms with Crippen LogP contribution in [0, 0.1) is 0 Å². The van der Waals surface area contributed by atoms with E-state index >= 15 is 0 Å². The van der Waals surface area contributed by atoms with Crippen LogP contribution in [0.25, 0.3) is 0 Å². The van der Waals surface area contributed by atoms with Crippen molar-refractivity contribution in [3.05, 3.63) is 34.3 Å². The molecule has 6 heteroatoms. The molecular formula is C10H13BrO4S. The monoisotopic (exact) mass is 308 g/mol. The van der Waals surface area contributed by atoms with Crippen molar-refractivity contribution in [2.75, 3.05) is 12.9 Å². The molecule has 1 aromatic rings. The van der Waals surface area contributed by atoms with Gasteiger partial charge in [0.1, 0.15) is 5.25 Å². The van der Waals surface area contributed by atoms with Crippen LogP contribution < -0.4 is 0 Å². The van der Waals surface area contributed by atoms with Crippen LogP contribution in [0.1, 0.15) is 11.7 Å². The van der Waals surface area contributed by atoms with Gasteiger partial charge in [-0.05, 0) is 17.7 Å². The zero-order valence-corrected chi connectivity index (χ0v) is 11.1. The van der Waals surface area contributed by atoms with Crippen LogP contribution in [-0.2, 0) is 9.84 Å². The van der Waals surface area contributed by atoms with Gasteiger partial charge in [0.25, 0.3) is 0 Å². The summed E-state index contributed by atoms with van der Waals surface area (Å²) in [6.45, 7) is -0.601. The maximum Gasteiger partial charge on any atom is 0.155 e. The minimum absolute atomic E-state index is 0.465. The van der Waals surface area contributed by atoms with Crippen LogP contribution in [-0.4, -0.2) is 36.7 Å². The van der Waals surface area contributed by atoms with Gasteiger partial charge in [0.2, 0.25) is 0 Å². The normalized spacial score (nSPS) is 15.8. The molecule has 0 aliphatic rings. The molecule has 0 aliphatic heterocycles. The standard InChI is InChI=1S/C10H13BrO4S/c1-16(14,15)9(6-12)10(13)7-2-4-8(11)5-3-7/h2-5,9-10,12-13H,6H2,1H3/t9-,10+/m1/s1. The molecule has 0 aliphatic carbocycles. The van der Waals surface area contributed by atoms with Crippen LogP contribution in [0.5, 0.6) is 0 Å². The first-order valence-corrected chi connectivity index (χ1v) is 7.34. The number of aliphatic hydroxyl groups is 2.